The van der Waals surface area contributed by atoms with Crippen molar-refractivity contribution in [2.75, 3.05) is 26.2 Å². The molecule has 0 aliphatic carbocycles. The van der Waals surface area contributed by atoms with Gasteiger partial charge in [0.2, 0.25) is 0 Å². The third kappa shape index (κ3) is 1.85. The molecule has 16 heavy (non-hydrogen) atoms. The van der Waals surface area contributed by atoms with Gasteiger partial charge in [-0.15, -0.1) is 0 Å². The molecule has 0 spiro atoms. The molecule has 2 aliphatic heterocycles. The Kier molecular flexibility index (Phi) is 2.88. The molecule has 2 fully saturated rings. The largest absolute Gasteiger partial charge is 0.297 e. The first-order chi connectivity index (χ1) is 7.95. The Morgan fingerprint density at radius 3 is 1.44 bits per heavy atom. The van der Waals surface area contributed by atoms with Gasteiger partial charge in [-0.2, -0.15) is 0 Å². The van der Waals surface area contributed by atoms with Crippen LogP contribution in [0, 0.1) is 0 Å². The predicted molar refractivity (Wildman–Crippen MR) is 63.9 cm³/mol. The number of rotatable bonds is 2. The van der Waals surface area contributed by atoms with Crippen molar-refractivity contribution >= 4 is 0 Å². The lowest BCUT2D eigenvalue weighted by molar-refractivity contribution is 0.540. The molecule has 0 radical (unpaired) electrons. The van der Waals surface area contributed by atoms with E-state index in [-0.39, 0.29) is 0 Å². The maximum Gasteiger partial charge on any atom is 0.0840 e. The lowest BCUT2D eigenvalue weighted by atomic mass is 10.0. The standard InChI is InChI=1S/C12H18N4/c1-2-4-10(12-15-7-8-16-12)9(3-1)11-13-5-6-14-11/h1-4,11-16H,5-8H2. The molecule has 1 aromatic rings. The highest BCUT2D eigenvalue weighted by Crippen LogP contribution is 2.23. The van der Waals surface area contributed by atoms with Gasteiger partial charge in [-0.05, 0) is 11.1 Å². The van der Waals surface area contributed by atoms with Gasteiger partial charge in [0.15, 0.2) is 0 Å². The van der Waals surface area contributed by atoms with Crippen molar-refractivity contribution in [2.45, 2.75) is 12.3 Å². The fraction of sp³-hybridized carbons (Fsp3) is 0.500. The van der Waals surface area contributed by atoms with Gasteiger partial charge >= 0.3 is 0 Å². The summed E-state index contributed by atoms with van der Waals surface area (Å²) < 4.78 is 0. The smallest absolute Gasteiger partial charge is 0.0840 e. The summed E-state index contributed by atoms with van der Waals surface area (Å²) in [7, 11) is 0. The first-order valence-corrected chi connectivity index (χ1v) is 5.97. The molecule has 0 saturated carbocycles. The molecule has 2 aliphatic rings. The summed E-state index contributed by atoms with van der Waals surface area (Å²) in [6, 6.07) is 8.62. The monoisotopic (exact) mass is 218 g/mol. The van der Waals surface area contributed by atoms with Gasteiger partial charge in [0.25, 0.3) is 0 Å². The van der Waals surface area contributed by atoms with Gasteiger partial charge in [0, 0.05) is 26.2 Å². The molecule has 2 saturated heterocycles. The van der Waals surface area contributed by atoms with Crippen LogP contribution in [0.2, 0.25) is 0 Å². The summed E-state index contributed by atoms with van der Waals surface area (Å²) in [5.74, 6) is 0. The summed E-state index contributed by atoms with van der Waals surface area (Å²) in [6.07, 6.45) is 0.612. The fourth-order valence-corrected chi connectivity index (χ4v) is 2.49. The van der Waals surface area contributed by atoms with Crippen molar-refractivity contribution in [1.82, 2.24) is 21.3 Å². The van der Waals surface area contributed by atoms with Crippen LogP contribution in [-0.2, 0) is 0 Å². The van der Waals surface area contributed by atoms with Crippen molar-refractivity contribution in [3.05, 3.63) is 35.4 Å². The van der Waals surface area contributed by atoms with Crippen LogP contribution in [0.25, 0.3) is 0 Å². The first-order valence-electron chi connectivity index (χ1n) is 5.97. The van der Waals surface area contributed by atoms with E-state index in [9.17, 15) is 0 Å². The van der Waals surface area contributed by atoms with E-state index < -0.39 is 0 Å². The Bertz CT molecular complexity index is 319. The second-order valence-electron chi connectivity index (χ2n) is 4.31. The van der Waals surface area contributed by atoms with Crippen LogP contribution in [0.4, 0.5) is 0 Å². The fourth-order valence-electron chi connectivity index (χ4n) is 2.49. The Morgan fingerprint density at radius 1 is 0.688 bits per heavy atom. The Labute approximate surface area is 95.8 Å². The number of nitrogens with one attached hydrogen (secondary N) is 4. The molecule has 0 amide bonds. The lowest BCUT2D eigenvalue weighted by Gasteiger charge is -2.20. The molecule has 3 rings (SSSR count). The van der Waals surface area contributed by atoms with Crippen molar-refractivity contribution in [3.63, 3.8) is 0 Å². The minimum Gasteiger partial charge on any atom is -0.297 e. The van der Waals surface area contributed by atoms with Crippen LogP contribution in [0.15, 0.2) is 24.3 Å². The highest BCUT2D eigenvalue weighted by atomic mass is 15.2. The van der Waals surface area contributed by atoms with Crippen molar-refractivity contribution < 1.29 is 0 Å². The molecule has 4 nitrogen and oxygen atoms in total. The summed E-state index contributed by atoms with van der Waals surface area (Å²) in [6.45, 7) is 4.18. The molecule has 0 unspecified atom stereocenters. The van der Waals surface area contributed by atoms with Crippen molar-refractivity contribution in [1.29, 1.82) is 0 Å². The average Bonchev–Trinajstić information content (AvgIpc) is 3.03. The third-order valence-electron chi connectivity index (χ3n) is 3.26. The van der Waals surface area contributed by atoms with Crippen LogP contribution < -0.4 is 21.3 Å². The first kappa shape index (κ1) is 10.2. The molecule has 0 atom stereocenters. The maximum absolute atomic E-state index is 3.47. The van der Waals surface area contributed by atoms with Crippen LogP contribution in [-0.4, -0.2) is 26.2 Å². The maximum atomic E-state index is 3.47. The van der Waals surface area contributed by atoms with Crippen LogP contribution in [0.5, 0.6) is 0 Å². The molecule has 1 aromatic carbocycles. The van der Waals surface area contributed by atoms with E-state index in [1.165, 1.54) is 11.1 Å². The minimum atomic E-state index is 0.306. The number of hydrogen-bond donors (Lipinski definition) is 4. The van der Waals surface area contributed by atoms with Gasteiger partial charge in [-0.3, -0.25) is 21.3 Å². The highest BCUT2D eigenvalue weighted by Gasteiger charge is 2.23. The van der Waals surface area contributed by atoms with E-state index >= 15 is 0 Å². The highest BCUT2D eigenvalue weighted by molar-refractivity contribution is 5.33. The second-order valence-corrected chi connectivity index (χ2v) is 4.31. The topological polar surface area (TPSA) is 48.1 Å². The third-order valence-corrected chi connectivity index (χ3v) is 3.26. The van der Waals surface area contributed by atoms with Crippen molar-refractivity contribution in [3.8, 4) is 0 Å². The zero-order valence-electron chi connectivity index (χ0n) is 9.29. The van der Waals surface area contributed by atoms with Crippen LogP contribution >= 0.6 is 0 Å². The van der Waals surface area contributed by atoms with Gasteiger partial charge in [-0.25, -0.2) is 0 Å². The predicted octanol–water partition coefficient (Wildman–Crippen LogP) is 0.0694. The minimum absolute atomic E-state index is 0.306. The molecule has 4 N–H and O–H groups in total. The van der Waals surface area contributed by atoms with Gasteiger partial charge in [0.1, 0.15) is 0 Å². The SMILES string of the molecule is c1ccc(C2NCCN2)c(C2NCCN2)c1. The van der Waals surface area contributed by atoms with Gasteiger partial charge in [-0.1, -0.05) is 24.3 Å². The molecule has 2 heterocycles. The Morgan fingerprint density at radius 2 is 1.06 bits per heavy atom. The normalized spacial score (nSPS) is 23.0. The van der Waals surface area contributed by atoms with E-state index in [2.05, 4.69) is 45.5 Å². The quantitative estimate of drug-likeness (QED) is 0.567. The molecular formula is C12H18N4. The zero-order valence-corrected chi connectivity index (χ0v) is 9.29. The van der Waals surface area contributed by atoms with E-state index in [1.807, 2.05) is 0 Å². The summed E-state index contributed by atoms with van der Waals surface area (Å²) in [5.41, 5.74) is 2.71. The summed E-state index contributed by atoms with van der Waals surface area (Å²) in [4.78, 5) is 0. The van der Waals surface area contributed by atoms with Crippen LogP contribution in [0.3, 0.4) is 0 Å². The molecule has 0 aromatic heterocycles. The van der Waals surface area contributed by atoms with E-state index in [1.54, 1.807) is 0 Å². The van der Waals surface area contributed by atoms with Crippen molar-refractivity contribution in [2.24, 2.45) is 0 Å². The summed E-state index contributed by atoms with van der Waals surface area (Å²) >= 11 is 0. The van der Waals surface area contributed by atoms with E-state index in [0.29, 0.717) is 12.3 Å². The Hall–Kier alpha value is -0.940. The molecule has 4 heteroatoms. The van der Waals surface area contributed by atoms with Gasteiger partial charge in [0.05, 0.1) is 12.3 Å². The molecule has 0 bridgehead atoms. The second kappa shape index (κ2) is 4.51. The lowest BCUT2D eigenvalue weighted by Crippen LogP contribution is -2.28. The van der Waals surface area contributed by atoms with E-state index in [0.717, 1.165) is 26.2 Å². The molecular weight excluding hydrogens is 200 g/mol. The van der Waals surface area contributed by atoms with Gasteiger partial charge < -0.3 is 0 Å². The molecule has 86 valence electrons. The van der Waals surface area contributed by atoms with E-state index in [4.69, 9.17) is 0 Å². The zero-order chi connectivity index (χ0) is 10.8. The Balaban J connectivity index is 1.90. The average molecular weight is 218 g/mol. The summed E-state index contributed by atoms with van der Waals surface area (Å²) in [5, 5.41) is 13.9. The number of benzene rings is 1. The number of hydrogen-bond acceptors (Lipinski definition) is 4. The van der Waals surface area contributed by atoms with Crippen LogP contribution in [0.1, 0.15) is 23.5 Å².